The van der Waals surface area contributed by atoms with E-state index in [2.05, 4.69) is 15.3 Å². The van der Waals surface area contributed by atoms with E-state index in [0.717, 1.165) is 42.8 Å². The molecule has 8 nitrogen and oxygen atoms in total. The second-order valence-corrected chi connectivity index (χ2v) is 5.53. The number of aliphatic imine (C=N–C) groups is 1. The first-order valence-electron chi connectivity index (χ1n) is 7.47. The number of imidazole rings is 1. The number of fused-ring (bicyclic) bond motifs is 1. The molecule has 0 aromatic carbocycles. The topological polar surface area (TPSA) is 86.2 Å². The summed E-state index contributed by atoms with van der Waals surface area (Å²) in [6, 6.07) is 0. The second kappa shape index (κ2) is 6.99. The van der Waals surface area contributed by atoms with E-state index in [4.69, 9.17) is 0 Å². The van der Waals surface area contributed by atoms with Gasteiger partial charge in [-0.2, -0.15) is 0 Å². The molecule has 1 aliphatic heterocycles. The monoisotopic (exact) mass is 340 g/mol. The summed E-state index contributed by atoms with van der Waals surface area (Å²) in [5.74, 6) is 1.08. The highest BCUT2D eigenvalue weighted by molar-refractivity contribution is 5.85. The minimum atomic E-state index is -0.358. The Labute approximate surface area is 139 Å². The van der Waals surface area contributed by atoms with Gasteiger partial charge in [0.05, 0.1) is 12.2 Å². The van der Waals surface area contributed by atoms with E-state index in [1.165, 1.54) is 11.6 Å². The Morgan fingerprint density at radius 3 is 2.74 bits per heavy atom. The molecule has 3 rings (SSSR count). The average molecular weight is 341 g/mol. The van der Waals surface area contributed by atoms with Crippen LogP contribution in [0.3, 0.4) is 0 Å². The lowest BCUT2D eigenvalue weighted by Crippen LogP contribution is -2.37. The molecular formula is C14H21ClN6O2. The molecule has 0 aliphatic carbocycles. The summed E-state index contributed by atoms with van der Waals surface area (Å²) in [6.45, 7) is 2.40. The average Bonchev–Trinajstić information content (AvgIpc) is 3.17. The summed E-state index contributed by atoms with van der Waals surface area (Å²) < 4.78 is 4.33. The van der Waals surface area contributed by atoms with Crippen molar-refractivity contribution in [1.29, 1.82) is 0 Å². The quantitative estimate of drug-likeness (QED) is 0.795. The number of rotatable bonds is 4. The van der Waals surface area contributed by atoms with Crippen LogP contribution in [0.15, 0.2) is 20.9 Å². The molecule has 23 heavy (non-hydrogen) atoms. The maximum Gasteiger partial charge on any atom is 0.332 e. The first-order chi connectivity index (χ1) is 10.6. The van der Waals surface area contributed by atoms with Crippen LogP contribution in [0, 0.1) is 0 Å². The lowest BCUT2D eigenvalue weighted by molar-refractivity contribution is 0.635. The van der Waals surface area contributed by atoms with E-state index in [1.54, 1.807) is 13.4 Å². The van der Waals surface area contributed by atoms with Gasteiger partial charge in [-0.3, -0.25) is 18.9 Å². The Morgan fingerprint density at radius 1 is 1.26 bits per heavy atom. The van der Waals surface area contributed by atoms with Crippen molar-refractivity contribution in [3.63, 3.8) is 0 Å². The summed E-state index contributed by atoms with van der Waals surface area (Å²) >= 11 is 0. The Hall–Kier alpha value is -2.09. The third-order valence-corrected chi connectivity index (χ3v) is 4.00. The summed E-state index contributed by atoms with van der Waals surface area (Å²) in [4.78, 5) is 32.7. The Balaban J connectivity index is 0.00000192. The highest BCUT2D eigenvalue weighted by Crippen LogP contribution is 2.06. The van der Waals surface area contributed by atoms with E-state index in [-0.39, 0.29) is 23.7 Å². The summed E-state index contributed by atoms with van der Waals surface area (Å²) in [5, 5.41) is 3.32. The molecule has 0 bridgehead atoms. The molecule has 0 amide bonds. The fourth-order valence-electron chi connectivity index (χ4n) is 2.73. The third-order valence-electron chi connectivity index (χ3n) is 4.00. The van der Waals surface area contributed by atoms with Crippen molar-refractivity contribution in [2.24, 2.45) is 19.1 Å². The van der Waals surface area contributed by atoms with Crippen LogP contribution >= 0.6 is 12.4 Å². The number of nitrogens with one attached hydrogen (secondary N) is 1. The highest BCUT2D eigenvalue weighted by atomic mass is 35.5. The van der Waals surface area contributed by atoms with Gasteiger partial charge >= 0.3 is 5.69 Å². The van der Waals surface area contributed by atoms with Gasteiger partial charge in [-0.25, -0.2) is 9.78 Å². The van der Waals surface area contributed by atoms with Gasteiger partial charge in [-0.1, -0.05) is 0 Å². The molecule has 1 N–H and O–H groups in total. The molecule has 0 saturated carbocycles. The van der Waals surface area contributed by atoms with Crippen molar-refractivity contribution < 1.29 is 0 Å². The van der Waals surface area contributed by atoms with E-state index >= 15 is 0 Å². The Kier molecular flexibility index (Phi) is 5.25. The van der Waals surface area contributed by atoms with Crippen molar-refractivity contribution in [3.8, 4) is 0 Å². The number of aryl methyl sites for hydroxylation is 2. The first kappa shape index (κ1) is 17.3. The van der Waals surface area contributed by atoms with Gasteiger partial charge < -0.3 is 9.88 Å². The predicted molar refractivity (Wildman–Crippen MR) is 91.6 cm³/mol. The normalized spacial score (nSPS) is 13.9. The van der Waals surface area contributed by atoms with Gasteiger partial charge in [0, 0.05) is 40.2 Å². The number of hydrogen-bond acceptors (Lipinski definition) is 5. The summed E-state index contributed by atoms with van der Waals surface area (Å²) in [7, 11) is 3.11. The molecule has 1 aliphatic rings. The van der Waals surface area contributed by atoms with Gasteiger partial charge in [-0.05, 0) is 12.8 Å². The number of hydrogen-bond donors (Lipinski definition) is 1. The zero-order valence-corrected chi connectivity index (χ0v) is 14.1. The van der Waals surface area contributed by atoms with Crippen molar-refractivity contribution in [2.75, 3.05) is 13.1 Å². The van der Waals surface area contributed by atoms with Crippen LogP contribution in [0.5, 0.6) is 0 Å². The number of aromatic nitrogens is 4. The molecule has 0 saturated heterocycles. The van der Waals surface area contributed by atoms with E-state index in [9.17, 15) is 9.59 Å². The fourth-order valence-corrected chi connectivity index (χ4v) is 2.73. The van der Waals surface area contributed by atoms with Gasteiger partial charge in [0.25, 0.3) is 5.56 Å². The lowest BCUT2D eigenvalue weighted by atomic mass is 10.3. The predicted octanol–water partition coefficient (Wildman–Crippen LogP) is 0.0275. The molecule has 3 heterocycles. The molecule has 0 fully saturated rings. The molecule has 2 aromatic rings. The third kappa shape index (κ3) is 3.17. The van der Waals surface area contributed by atoms with E-state index in [0.29, 0.717) is 17.7 Å². The van der Waals surface area contributed by atoms with Crippen LogP contribution < -0.4 is 16.6 Å². The largest absolute Gasteiger partial charge is 0.374 e. The van der Waals surface area contributed by atoms with Crippen LogP contribution in [-0.4, -0.2) is 37.6 Å². The number of halogens is 1. The molecule has 126 valence electrons. The molecule has 0 radical (unpaired) electrons. The number of amidine groups is 1. The van der Waals surface area contributed by atoms with Crippen molar-refractivity contribution in [1.82, 2.24) is 24.0 Å². The minimum Gasteiger partial charge on any atom is -0.374 e. The molecule has 0 unspecified atom stereocenters. The highest BCUT2D eigenvalue weighted by Gasteiger charge is 2.14. The van der Waals surface area contributed by atoms with Gasteiger partial charge in [0.1, 0.15) is 0 Å². The smallest absolute Gasteiger partial charge is 0.332 e. The zero-order valence-electron chi connectivity index (χ0n) is 13.3. The van der Waals surface area contributed by atoms with Crippen LogP contribution in [0.2, 0.25) is 0 Å². The SMILES string of the molecule is Cl.Cn1c(=O)c2c(ncn2CCCNC2=NCCC2)n(C)c1=O. The first-order valence-corrected chi connectivity index (χ1v) is 7.47. The molecule has 0 spiro atoms. The van der Waals surface area contributed by atoms with Crippen molar-refractivity contribution in [2.45, 2.75) is 25.8 Å². The van der Waals surface area contributed by atoms with Crippen LogP contribution in [0.4, 0.5) is 0 Å². The maximum atomic E-state index is 12.3. The lowest BCUT2D eigenvalue weighted by Gasteiger charge is -2.08. The fraction of sp³-hybridized carbons (Fsp3) is 0.571. The van der Waals surface area contributed by atoms with Gasteiger partial charge in [0.15, 0.2) is 11.2 Å². The van der Waals surface area contributed by atoms with Crippen molar-refractivity contribution in [3.05, 3.63) is 27.2 Å². The Morgan fingerprint density at radius 2 is 2.04 bits per heavy atom. The zero-order chi connectivity index (χ0) is 15.7. The molecule has 0 atom stereocenters. The summed E-state index contributed by atoms with van der Waals surface area (Å²) in [6.07, 6.45) is 4.63. The van der Waals surface area contributed by atoms with Crippen LogP contribution in [0.1, 0.15) is 19.3 Å². The number of nitrogens with zero attached hydrogens (tertiary/aromatic N) is 5. The minimum absolute atomic E-state index is 0. The maximum absolute atomic E-state index is 12.3. The Bertz CT molecular complexity index is 847. The summed E-state index contributed by atoms with van der Waals surface area (Å²) in [5.41, 5.74) is 0.247. The van der Waals surface area contributed by atoms with Crippen molar-refractivity contribution >= 4 is 29.4 Å². The van der Waals surface area contributed by atoms with Crippen LogP contribution in [0.25, 0.3) is 11.2 Å². The molecule has 9 heteroatoms. The molecular weight excluding hydrogens is 320 g/mol. The van der Waals surface area contributed by atoms with Crippen LogP contribution in [-0.2, 0) is 20.6 Å². The van der Waals surface area contributed by atoms with Gasteiger partial charge in [0.2, 0.25) is 0 Å². The second-order valence-electron chi connectivity index (χ2n) is 5.53. The molecule has 2 aromatic heterocycles. The van der Waals surface area contributed by atoms with Gasteiger partial charge in [-0.15, -0.1) is 12.4 Å². The standard InChI is InChI=1S/C14H20N6O2.ClH/c1-18-12-11(13(21)19(2)14(18)22)20(9-17-12)8-4-7-16-10-5-3-6-15-10;/h9H,3-8H2,1-2H3,(H,15,16);1H. The van der Waals surface area contributed by atoms with E-state index in [1.807, 2.05) is 4.57 Å². The van der Waals surface area contributed by atoms with E-state index < -0.39 is 0 Å².